The minimum Gasteiger partial charge on any atom is -0.396 e. The van der Waals surface area contributed by atoms with E-state index in [2.05, 4.69) is 32.9 Å². The molecule has 1 fully saturated rings. The van der Waals surface area contributed by atoms with Gasteiger partial charge in [0, 0.05) is 31.0 Å². The van der Waals surface area contributed by atoms with Gasteiger partial charge >= 0.3 is 0 Å². The summed E-state index contributed by atoms with van der Waals surface area (Å²) in [5, 5.41) is 13.5. The van der Waals surface area contributed by atoms with E-state index in [0.717, 1.165) is 40.9 Å². The normalized spacial score (nSPS) is 19.8. The molecule has 20 heavy (non-hydrogen) atoms. The molecule has 2 aromatic heterocycles. The van der Waals surface area contributed by atoms with Crippen LogP contribution in [0, 0.1) is 6.92 Å². The first-order chi connectivity index (χ1) is 9.70. The Kier molecular flexibility index (Phi) is 3.94. The predicted molar refractivity (Wildman–Crippen MR) is 82.1 cm³/mol. The van der Waals surface area contributed by atoms with Crippen LogP contribution < -0.4 is 4.90 Å². The second-order valence-electron chi connectivity index (χ2n) is 5.36. The van der Waals surface area contributed by atoms with E-state index in [9.17, 15) is 5.11 Å². The van der Waals surface area contributed by atoms with Gasteiger partial charge in [0.25, 0.3) is 0 Å². The van der Waals surface area contributed by atoms with Crippen molar-refractivity contribution < 1.29 is 5.11 Å². The minimum absolute atomic E-state index is 0.235. The summed E-state index contributed by atoms with van der Waals surface area (Å²) >= 11 is 3.49. The van der Waals surface area contributed by atoms with Gasteiger partial charge in [0.1, 0.15) is 5.82 Å². The van der Waals surface area contributed by atoms with Gasteiger partial charge in [0.2, 0.25) is 0 Å². The molecule has 5 nitrogen and oxygen atoms in total. The molecular formula is C14H19BrN4O. The van der Waals surface area contributed by atoms with Gasteiger partial charge in [-0.15, -0.1) is 0 Å². The van der Waals surface area contributed by atoms with E-state index in [1.54, 1.807) is 10.7 Å². The predicted octanol–water partition coefficient (Wildman–Crippen LogP) is 2.54. The molecule has 0 radical (unpaired) electrons. The maximum atomic E-state index is 9.27. The first-order valence-electron chi connectivity index (χ1n) is 7.08. The van der Waals surface area contributed by atoms with Crippen LogP contribution in [0.4, 0.5) is 5.82 Å². The lowest BCUT2D eigenvalue weighted by Gasteiger charge is -2.37. The van der Waals surface area contributed by atoms with Crippen molar-refractivity contribution >= 4 is 27.4 Å². The van der Waals surface area contributed by atoms with Crippen LogP contribution in [-0.2, 0) is 0 Å². The molecule has 0 spiro atoms. The summed E-state index contributed by atoms with van der Waals surface area (Å²) < 4.78 is 2.71. The zero-order valence-corrected chi connectivity index (χ0v) is 13.2. The number of aromatic nitrogens is 3. The number of hydrogen-bond acceptors (Lipinski definition) is 4. The van der Waals surface area contributed by atoms with Gasteiger partial charge < -0.3 is 10.0 Å². The van der Waals surface area contributed by atoms with E-state index in [-0.39, 0.29) is 6.61 Å². The second kappa shape index (κ2) is 5.69. The lowest BCUT2D eigenvalue weighted by molar-refractivity contribution is 0.262. The molecule has 0 aromatic carbocycles. The average molecular weight is 339 g/mol. The Balaban J connectivity index is 2.02. The topological polar surface area (TPSA) is 53.7 Å². The van der Waals surface area contributed by atoms with E-state index in [1.165, 1.54) is 12.8 Å². The number of rotatable bonds is 3. The second-order valence-corrected chi connectivity index (χ2v) is 6.22. The van der Waals surface area contributed by atoms with Crippen LogP contribution in [0.1, 0.15) is 31.2 Å². The molecule has 0 bridgehead atoms. The zero-order chi connectivity index (χ0) is 14.1. The van der Waals surface area contributed by atoms with Gasteiger partial charge in [-0.1, -0.05) is 0 Å². The zero-order valence-electron chi connectivity index (χ0n) is 11.6. The summed E-state index contributed by atoms with van der Waals surface area (Å²) in [5.41, 5.74) is 1.97. The first-order valence-corrected chi connectivity index (χ1v) is 7.88. The highest BCUT2D eigenvalue weighted by Gasteiger charge is 2.25. The van der Waals surface area contributed by atoms with Crippen molar-refractivity contribution in [1.82, 2.24) is 14.6 Å². The van der Waals surface area contributed by atoms with Crippen LogP contribution >= 0.6 is 15.9 Å². The van der Waals surface area contributed by atoms with Crippen LogP contribution in [0.2, 0.25) is 0 Å². The largest absolute Gasteiger partial charge is 0.396 e. The van der Waals surface area contributed by atoms with E-state index < -0.39 is 0 Å². The van der Waals surface area contributed by atoms with Crippen LogP contribution in [0.3, 0.4) is 0 Å². The summed E-state index contributed by atoms with van der Waals surface area (Å²) in [6.45, 7) is 3.32. The summed E-state index contributed by atoms with van der Waals surface area (Å²) in [4.78, 5) is 7.14. The van der Waals surface area contributed by atoms with Crippen LogP contribution in [0.15, 0.2) is 16.9 Å². The molecule has 6 heteroatoms. The fourth-order valence-corrected chi connectivity index (χ4v) is 3.34. The molecule has 108 valence electrons. The smallest absolute Gasteiger partial charge is 0.171 e. The fraction of sp³-hybridized carbons (Fsp3) is 0.571. The molecule has 1 N–H and O–H groups in total. The Bertz CT molecular complexity index is 610. The summed E-state index contributed by atoms with van der Waals surface area (Å²) in [7, 11) is 0. The molecular weight excluding hydrogens is 320 g/mol. The van der Waals surface area contributed by atoms with E-state index >= 15 is 0 Å². The number of piperidine rings is 1. The van der Waals surface area contributed by atoms with E-state index in [1.807, 2.05) is 6.20 Å². The minimum atomic E-state index is 0.235. The molecule has 1 atom stereocenters. The lowest BCUT2D eigenvalue weighted by atomic mass is 9.99. The van der Waals surface area contributed by atoms with Crippen molar-refractivity contribution in [2.75, 3.05) is 18.1 Å². The highest BCUT2D eigenvalue weighted by Crippen LogP contribution is 2.29. The average Bonchev–Trinajstić information content (AvgIpc) is 2.80. The summed E-state index contributed by atoms with van der Waals surface area (Å²) in [5.74, 6) is 1.02. The molecule has 2 aromatic rings. The van der Waals surface area contributed by atoms with Crippen LogP contribution in [0.25, 0.3) is 5.65 Å². The number of aliphatic hydroxyl groups is 1. The Labute approximate surface area is 126 Å². The molecule has 3 rings (SSSR count). The Morgan fingerprint density at radius 3 is 3.10 bits per heavy atom. The SMILES string of the molecule is Cc1cn2ncc(Br)c2nc1N1CCCC[C@H]1CCO. The summed E-state index contributed by atoms with van der Waals surface area (Å²) in [6.07, 6.45) is 8.16. The highest BCUT2D eigenvalue weighted by molar-refractivity contribution is 9.10. The van der Waals surface area contributed by atoms with Crippen molar-refractivity contribution in [3.63, 3.8) is 0 Å². The fourth-order valence-electron chi connectivity index (χ4n) is 2.98. The van der Waals surface area contributed by atoms with Crippen molar-refractivity contribution in [3.05, 3.63) is 22.4 Å². The third kappa shape index (κ3) is 2.42. The molecule has 1 aliphatic rings. The van der Waals surface area contributed by atoms with Gasteiger partial charge in [-0.05, 0) is 48.5 Å². The van der Waals surface area contributed by atoms with Crippen molar-refractivity contribution in [2.24, 2.45) is 0 Å². The maximum absolute atomic E-state index is 9.27. The van der Waals surface area contributed by atoms with Crippen molar-refractivity contribution in [3.8, 4) is 0 Å². The quantitative estimate of drug-likeness (QED) is 0.934. The van der Waals surface area contributed by atoms with Gasteiger partial charge in [0.05, 0.1) is 10.7 Å². The number of aliphatic hydroxyl groups excluding tert-OH is 1. The molecule has 1 saturated heterocycles. The molecule has 0 unspecified atom stereocenters. The van der Waals surface area contributed by atoms with E-state index in [4.69, 9.17) is 4.98 Å². The van der Waals surface area contributed by atoms with E-state index in [0.29, 0.717) is 6.04 Å². The summed E-state index contributed by atoms with van der Waals surface area (Å²) in [6, 6.07) is 0.393. The standard InChI is InChI=1S/C14H19BrN4O/c1-10-9-19-14(12(15)8-16-19)17-13(10)18-6-3-2-4-11(18)5-7-20/h8-9,11,20H,2-7H2,1H3/t11-/m0/s1. The number of anilines is 1. The van der Waals surface area contributed by atoms with Crippen molar-refractivity contribution in [2.45, 2.75) is 38.6 Å². The van der Waals surface area contributed by atoms with Gasteiger partial charge in [-0.3, -0.25) is 0 Å². The van der Waals surface area contributed by atoms with Gasteiger partial charge in [-0.25, -0.2) is 9.50 Å². The highest BCUT2D eigenvalue weighted by atomic mass is 79.9. The molecule has 0 saturated carbocycles. The Morgan fingerprint density at radius 2 is 2.30 bits per heavy atom. The van der Waals surface area contributed by atoms with Crippen LogP contribution in [-0.4, -0.2) is 38.9 Å². The number of halogens is 1. The first kappa shape index (κ1) is 13.8. The van der Waals surface area contributed by atoms with Crippen molar-refractivity contribution in [1.29, 1.82) is 0 Å². The molecule has 1 aliphatic heterocycles. The maximum Gasteiger partial charge on any atom is 0.171 e. The molecule has 0 amide bonds. The van der Waals surface area contributed by atoms with Gasteiger partial charge in [0.15, 0.2) is 5.65 Å². The molecule has 3 heterocycles. The third-order valence-electron chi connectivity index (χ3n) is 3.97. The number of nitrogens with zero attached hydrogens (tertiary/aromatic N) is 4. The monoisotopic (exact) mass is 338 g/mol. The van der Waals surface area contributed by atoms with Gasteiger partial charge in [-0.2, -0.15) is 5.10 Å². The number of hydrogen-bond donors (Lipinski definition) is 1. The number of aryl methyl sites for hydroxylation is 1. The number of fused-ring (bicyclic) bond motifs is 1. The van der Waals surface area contributed by atoms with Crippen LogP contribution in [0.5, 0.6) is 0 Å². The lowest BCUT2D eigenvalue weighted by Crippen LogP contribution is -2.41. The Hall–Kier alpha value is -1.14. The molecule has 0 aliphatic carbocycles. The Morgan fingerprint density at radius 1 is 1.45 bits per heavy atom. The third-order valence-corrected chi connectivity index (χ3v) is 4.53.